The SMILES string of the molecule is O=C(NCCNC(=O)N1CCCC1C1CCC1)C1CCCC1. The second kappa shape index (κ2) is 7.34. The molecule has 5 heteroatoms. The van der Waals surface area contributed by atoms with E-state index >= 15 is 0 Å². The lowest BCUT2D eigenvalue weighted by Crippen LogP contribution is -2.48. The van der Waals surface area contributed by atoms with Gasteiger partial charge in [0.1, 0.15) is 0 Å². The molecule has 3 fully saturated rings. The van der Waals surface area contributed by atoms with E-state index in [1.165, 1.54) is 32.1 Å². The molecule has 2 saturated carbocycles. The Hall–Kier alpha value is -1.26. The molecule has 22 heavy (non-hydrogen) atoms. The number of rotatable bonds is 5. The molecular weight excluding hydrogens is 278 g/mol. The normalized spacial score (nSPS) is 26.0. The molecule has 3 aliphatic rings. The summed E-state index contributed by atoms with van der Waals surface area (Å²) in [7, 11) is 0. The van der Waals surface area contributed by atoms with E-state index in [0.29, 0.717) is 19.1 Å². The third-order valence-corrected chi connectivity index (χ3v) is 5.68. The molecule has 0 aromatic carbocycles. The number of hydrogen-bond donors (Lipinski definition) is 2. The van der Waals surface area contributed by atoms with Gasteiger partial charge in [-0.2, -0.15) is 0 Å². The molecule has 0 radical (unpaired) electrons. The second-order valence-corrected chi connectivity index (χ2v) is 7.10. The lowest BCUT2D eigenvalue weighted by Gasteiger charge is -2.36. The fraction of sp³-hybridized carbons (Fsp3) is 0.882. The summed E-state index contributed by atoms with van der Waals surface area (Å²) in [6.45, 7) is 1.97. The van der Waals surface area contributed by atoms with Gasteiger partial charge in [0, 0.05) is 31.6 Å². The number of nitrogens with zero attached hydrogens (tertiary/aromatic N) is 1. The molecule has 1 heterocycles. The van der Waals surface area contributed by atoms with Crippen molar-refractivity contribution in [1.82, 2.24) is 15.5 Å². The summed E-state index contributed by atoms with van der Waals surface area (Å²) in [5.41, 5.74) is 0. The summed E-state index contributed by atoms with van der Waals surface area (Å²) >= 11 is 0. The van der Waals surface area contributed by atoms with E-state index in [9.17, 15) is 9.59 Å². The van der Waals surface area contributed by atoms with Gasteiger partial charge in [-0.3, -0.25) is 4.79 Å². The number of hydrogen-bond acceptors (Lipinski definition) is 2. The van der Waals surface area contributed by atoms with Crippen molar-refractivity contribution < 1.29 is 9.59 Å². The van der Waals surface area contributed by atoms with Crippen molar-refractivity contribution in [3.05, 3.63) is 0 Å². The minimum atomic E-state index is 0.0597. The Bertz CT molecular complexity index is 403. The predicted octanol–water partition coefficient (Wildman–Crippen LogP) is 2.27. The van der Waals surface area contributed by atoms with Crippen molar-refractivity contribution >= 4 is 11.9 Å². The highest BCUT2D eigenvalue weighted by molar-refractivity contribution is 5.79. The minimum Gasteiger partial charge on any atom is -0.354 e. The van der Waals surface area contributed by atoms with Crippen molar-refractivity contribution in [3.8, 4) is 0 Å². The Labute approximate surface area is 133 Å². The molecule has 2 N–H and O–H groups in total. The summed E-state index contributed by atoms with van der Waals surface area (Å²) in [6, 6.07) is 0.520. The Balaban J connectivity index is 1.34. The highest BCUT2D eigenvalue weighted by atomic mass is 16.2. The molecule has 1 aliphatic heterocycles. The third-order valence-electron chi connectivity index (χ3n) is 5.68. The first-order valence-electron chi connectivity index (χ1n) is 9.08. The van der Waals surface area contributed by atoms with Gasteiger partial charge in [-0.25, -0.2) is 4.79 Å². The zero-order valence-electron chi connectivity index (χ0n) is 13.5. The Morgan fingerprint density at radius 1 is 0.864 bits per heavy atom. The maximum Gasteiger partial charge on any atom is 0.317 e. The van der Waals surface area contributed by atoms with Crippen molar-refractivity contribution in [3.63, 3.8) is 0 Å². The molecule has 0 bridgehead atoms. The zero-order valence-corrected chi connectivity index (χ0v) is 13.5. The van der Waals surface area contributed by atoms with Gasteiger partial charge in [-0.05, 0) is 44.4 Å². The van der Waals surface area contributed by atoms with Crippen LogP contribution in [-0.2, 0) is 4.79 Å². The Morgan fingerprint density at radius 2 is 1.59 bits per heavy atom. The lowest BCUT2D eigenvalue weighted by molar-refractivity contribution is -0.124. The average Bonchev–Trinajstić information content (AvgIpc) is 3.12. The van der Waals surface area contributed by atoms with E-state index in [0.717, 1.165) is 38.1 Å². The molecule has 3 amide bonds. The number of carbonyl (C=O) groups is 2. The van der Waals surface area contributed by atoms with Crippen molar-refractivity contribution in [2.75, 3.05) is 19.6 Å². The minimum absolute atomic E-state index is 0.0597. The fourth-order valence-electron chi connectivity index (χ4n) is 4.15. The van der Waals surface area contributed by atoms with Gasteiger partial charge < -0.3 is 15.5 Å². The zero-order chi connectivity index (χ0) is 15.4. The quantitative estimate of drug-likeness (QED) is 0.765. The molecule has 3 rings (SSSR count). The second-order valence-electron chi connectivity index (χ2n) is 7.10. The molecule has 0 aromatic rings. The maximum atomic E-state index is 12.3. The van der Waals surface area contributed by atoms with E-state index in [2.05, 4.69) is 10.6 Å². The molecule has 1 unspecified atom stereocenters. The molecule has 0 spiro atoms. The number of carbonyl (C=O) groups excluding carboxylic acids is 2. The average molecular weight is 307 g/mol. The van der Waals surface area contributed by atoms with Crippen LogP contribution in [0.5, 0.6) is 0 Å². The number of nitrogens with one attached hydrogen (secondary N) is 2. The van der Waals surface area contributed by atoms with Crippen LogP contribution in [0, 0.1) is 11.8 Å². The predicted molar refractivity (Wildman–Crippen MR) is 85.4 cm³/mol. The third kappa shape index (κ3) is 3.55. The fourth-order valence-corrected chi connectivity index (χ4v) is 4.15. The molecule has 5 nitrogen and oxygen atoms in total. The van der Waals surface area contributed by atoms with E-state index < -0.39 is 0 Å². The van der Waals surface area contributed by atoms with Gasteiger partial charge in [-0.15, -0.1) is 0 Å². The van der Waals surface area contributed by atoms with Crippen LogP contribution >= 0.6 is 0 Å². The monoisotopic (exact) mass is 307 g/mol. The number of amides is 3. The van der Waals surface area contributed by atoms with Crippen LogP contribution in [-0.4, -0.2) is 42.5 Å². The van der Waals surface area contributed by atoms with Crippen LogP contribution in [0.15, 0.2) is 0 Å². The summed E-state index contributed by atoms with van der Waals surface area (Å²) in [5, 5.41) is 5.93. The van der Waals surface area contributed by atoms with E-state index in [1.807, 2.05) is 4.90 Å². The van der Waals surface area contributed by atoms with Crippen LogP contribution in [0.2, 0.25) is 0 Å². The standard InChI is InChI=1S/C17H29N3O2/c21-16(14-5-1-2-6-14)18-10-11-19-17(22)20-12-4-9-15(20)13-7-3-8-13/h13-15H,1-12H2,(H,18,21)(H,19,22). The number of urea groups is 1. The van der Waals surface area contributed by atoms with Crippen molar-refractivity contribution in [2.24, 2.45) is 11.8 Å². The van der Waals surface area contributed by atoms with Crippen LogP contribution < -0.4 is 10.6 Å². The molecule has 0 aromatic heterocycles. The molecule has 2 aliphatic carbocycles. The van der Waals surface area contributed by atoms with Crippen LogP contribution in [0.25, 0.3) is 0 Å². The van der Waals surface area contributed by atoms with Crippen LogP contribution in [0.1, 0.15) is 57.8 Å². The molecule has 124 valence electrons. The van der Waals surface area contributed by atoms with Crippen molar-refractivity contribution in [2.45, 2.75) is 63.8 Å². The lowest BCUT2D eigenvalue weighted by atomic mass is 9.79. The van der Waals surface area contributed by atoms with Gasteiger partial charge in [0.05, 0.1) is 0 Å². The first-order chi connectivity index (χ1) is 10.8. The van der Waals surface area contributed by atoms with Gasteiger partial charge in [0.2, 0.25) is 5.91 Å². The van der Waals surface area contributed by atoms with Gasteiger partial charge >= 0.3 is 6.03 Å². The van der Waals surface area contributed by atoms with Gasteiger partial charge in [0.25, 0.3) is 0 Å². The molecule has 1 saturated heterocycles. The number of likely N-dealkylation sites (tertiary alicyclic amines) is 1. The Kier molecular flexibility index (Phi) is 5.21. The highest BCUT2D eigenvalue weighted by Gasteiger charge is 2.37. The summed E-state index contributed by atoms with van der Waals surface area (Å²) in [5.74, 6) is 1.10. The maximum absolute atomic E-state index is 12.3. The highest BCUT2D eigenvalue weighted by Crippen LogP contribution is 2.37. The van der Waals surface area contributed by atoms with Crippen molar-refractivity contribution in [1.29, 1.82) is 0 Å². The van der Waals surface area contributed by atoms with Crippen LogP contribution in [0.3, 0.4) is 0 Å². The summed E-state index contributed by atoms with van der Waals surface area (Å²) in [4.78, 5) is 26.2. The largest absolute Gasteiger partial charge is 0.354 e. The first kappa shape index (κ1) is 15.6. The smallest absolute Gasteiger partial charge is 0.317 e. The van der Waals surface area contributed by atoms with E-state index in [4.69, 9.17) is 0 Å². The summed E-state index contributed by atoms with van der Waals surface area (Å²) < 4.78 is 0. The van der Waals surface area contributed by atoms with Crippen LogP contribution in [0.4, 0.5) is 4.79 Å². The first-order valence-corrected chi connectivity index (χ1v) is 9.08. The topological polar surface area (TPSA) is 61.4 Å². The van der Waals surface area contributed by atoms with E-state index in [-0.39, 0.29) is 17.9 Å². The Morgan fingerprint density at radius 3 is 2.27 bits per heavy atom. The van der Waals surface area contributed by atoms with Gasteiger partial charge in [0.15, 0.2) is 0 Å². The molecule has 1 atom stereocenters. The summed E-state index contributed by atoms with van der Waals surface area (Å²) in [6.07, 6.45) is 10.6. The van der Waals surface area contributed by atoms with Gasteiger partial charge in [-0.1, -0.05) is 19.3 Å². The molecular formula is C17H29N3O2. The van der Waals surface area contributed by atoms with E-state index in [1.54, 1.807) is 0 Å².